The van der Waals surface area contributed by atoms with Gasteiger partial charge in [-0.25, -0.2) is 4.79 Å². The monoisotopic (exact) mass is 351 g/mol. The third kappa shape index (κ3) is 3.91. The van der Waals surface area contributed by atoms with Crippen molar-refractivity contribution in [3.8, 4) is 0 Å². The first-order valence-electron chi connectivity index (χ1n) is 7.45. The van der Waals surface area contributed by atoms with E-state index in [4.69, 9.17) is 16.3 Å². The number of esters is 1. The normalized spacial score (nSPS) is 14.5. The molecule has 1 amide bonds. The van der Waals surface area contributed by atoms with Crippen molar-refractivity contribution in [2.75, 3.05) is 23.9 Å². The largest absolute Gasteiger partial charge is 0.508 e. The Morgan fingerprint density at radius 3 is 2.79 bits per heavy atom. The molecule has 0 saturated heterocycles. The molecule has 0 unspecified atom stereocenters. The van der Waals surface area contributed by atoms with Crippen LogP contribution in [0.25, 0.3) is 0 Å². The molecule has 1 aliphatic rings. The summed E-state index contributed by atoms with van der Waals surface area (Å²) in [7, 11) is 0. The Labute approximate surface area is 144 Å². The highest BCUT2D eigenvalue weighted by molar-refractivity contribution is 6.19. The lowest BCUT2D eigenvalue weighted by Gasteiger charge is -2.14. The number of hydrogen-bond donors (Lipinski definition) is 1. The molecule has 0 bridgehead atoms. The maximum absolute atomic E-state index is 11.8. The van der Waals surface area contributed by atoms with Crippen molar-refractivity contribution in [1.29, 1.82) is 0 Å². The van der Waals surface area contributed by atoms with Crippen LogP contribution in [-0.2, 0) is 20.7 Å². The molecule has 1 N–H and O–H groups in total. The number of carbonyl (C=O) groups excluding carboxylic acids is 2. The molecule has 1 aromatic rings. The molecule has 1 heterocycles. The summed E-state index contributed by atoms with van der Waals surface area (Å²) in [4.78, 5) is 25.0. The Balaban J connectivity index is 2.25. The van der Waals surface area contributed by atoms with E-state index in [2.05, 4.69) is 10.2 Å². The summed E-state index contributed by atoms with van der Waals surface area (Å²) in [5, 5.41) is 17.4. The lowest BCUT2D eigenvalue weighted by atomic mass is 10.1. The number of aliphatic hydroxyl groups is 1. The van der Waals surface area contributed by atoms with Gasteiger partial charge in [0.2, 0.25) is 11.6 Å². The van der Waals surface area contributed by atoms with E-state index in [0.717, 1.165) is 17.7 Å². The molecule has 7 nitrogen and oxygen atoms in total. The van der Waals surface area contributed by atoms with Crippen LogP contribution in [0.3, 0.4) is 0 Å². The van der Waals surface area contributed by atoms with Gasteiger partial charge in [-0.05, 0) is 37.1 Å². The molecule has 0 fully saturated rings. The lowest BCUT2D eigenvalue weighted by molar-refractivity contribution is -0.138. The van der Waals surface area contributed by atoms with Crippen LogP contribution in [0.5, 0.6) is 0 Å². The summed E-state index contributed by atoms with van der Waals surface area (Å²) in [5.74, 6) is -1.47. The third-order valence-corrected chi connectivity index (χ3v) is 3.73. The third-order valence-electron chi connectivity index (χ3n) is 3.47. The number of allylic oxidation sites excluding steroid dienone is 1. The summed E-state index contributed by atoms with van der Waals surface area (Å²) in [5.41, 5.74) is 2.01. The number of carbonyl (C=O) groups is 2. The topological polar surface area (TPSA) is 91.6 Å². The highest BCUT2D eigenvalue weighted by Gasteiger charge is 2.22. The molecule has 128 valence electrons. The van der Waals surface area contributed by atoms with Crippen LogP contribution in [0, 0.1) is 0 Å². The number of rotatable bonds is 5. The van der Waals surface area contributed by atoms with E-state index in [1.54, 1.807) is 30.0 Å². The molecule has 24 heavy (non-hydrogen) atoms. The predicted molar refractivity (Wildman–Crippen MR) is 89.7 cm³/mol. The molecule has 0 saturated carbocycles. The predicted octanol–water partition coefficient (Wildman–Crippen LogP) is 3.25. The van der Waals surface area contributed by atoms with Crippen molar-refractivity contribution >= 4 is 34.9 Å². The first kappa shape index (κ1) is 17.9. The first-order chi connectivity index (χ1) is 11.5. The quantitative estimate of drug-likeness (QED) is 0.290. The number of alkyl halides is 1. The number of azo groups is 1. The minimum atomic E-state index is -0.789. The van der Waals surface area contributed by atoms with E-state index in [0.29, 0.717) is 12.2 Å². The molecule has 8 heteroatoms. The van der Waals surface area contributed by atoms with E-state index < -0.39 is 11.7 Å². The number of amides is 1. The average molecular weight is 352 g/mol. The van der Waals surface area contributed by atoms with Gasteiger partial charge in [0.25, 0.3) is 0 Å². The highest BCUT2D eigenvalue weighted by atomic mass is 35.5. The van der Waals surface area contributed by atoms with Crippen LogP contribution in [0.1, 0.15) is 19.4 Å². The van der Waals surface area contributed by atoms with Crippen molar-refractivity contribution in [2.24, 2.45) is 10.2 Å². The molecule has 0 aliphatic carbocycles. The summed E-state index contributed by atoms with van der Waals surface area (Å²) in [6.45, 7) is 3.94. The van der Waals surface area contributed by atoms with Gasteiger partial charge < -0.3 is 14.7 Å². The van der Waals surface area contributed by atoms with Gasteiger partial charge in [-0.2, -0.15) is 5.11 Å². The van der Waals surface area contributed by atoms with Crippen LogP contribution in [-0.4, -0.2) is 36.0 Å². The first-order valence-corrected chi connectivity index (χ1v) is 7.99. The zero-order valence-corrected chi connectivity index (χ0v) is 14.2. The number of benzene rings is 1. The number of nitrogens with zero attached hydrogens (tertiary/aromatic N) is 3. The van der Waals surface area contributed by atoms with Crippen molar-refractivity contribution in [3.05, 3.63) is 35.2 Å². The smallest absolute Gasteiger partial charge is 0.362 e. The van der Waals surface area contributed by atoms with Crippen molar-refractivity contribution in [1.82, 2.24) is 0 Å². The van der Waals surface area contributed by atoms with Crippen LogP contribution in [0.15, 0.2) is 39.9 Å². The van der Waals surface area contributed by atoms with Gasteiger partial charge in [0.15, 0.2) is 0 Å². The molecule has 0 radical (unpaired) electrons. The van der Waals surface area contributed by atoms with Gasteiger partial charge in [0, 0.05) is 19.2 Å². The van der Waals surface area contributed by atoms with Crippen LogP contribution < -0.4 is 4.90 Å². The van der Waals surface area contributed by atoms with E-state index in [1.807, 2.05) is 0 Å². The second-order valence-corrected chi connectivity index (χ2v) is 5.35. The van der Waals surface area contributed by atoms with E-state index in [9.17, 15) is 14.7 Å². The molecular formula is C16H18ClN3O4. The molecule has 1 aliphatic heterocycles. The van der Waals surface area contributed by atoms with E-state index in [1.165, 1.54) is 6.92 Å². The molecule has 1 aromatic carbocycles. The summed E-state index contributed by atoms with van der Waals surface area (Å²) in [6, 6.07) is 5.26. The SMILES string of the molecule is CCOC(=O)/C(N=Nc1ccc2c(c1)CCN2C(C)=O)=C(\O)CCl. The van der Waals surface area contributed by atoms with Crippen LogP contribution >= 0.6 is 11.6 Å². The Bertz CT molecular complexity index is 715. The van der Waals surface area contributed by atoms with Gasteiger partial charge in [-0.1, -0.05) is 0 Å². The number of fused-ring (bicyclic) bond motifs is 1. The Morgan fingerprint density at radius 1 is 1.42 bits per heavy atom. The summed E-state index contributed by atoms with van der Waals surface area (Å²) < 4.78 is 4.82. The van der Waals surface area contributed by atoms with Gasteiger partial charge in [0.1, 0.15) is 5.76 Å². The van der Waals surface area contributed by atoms with Gasteiger partial charge in [0.05, 0.1) is 18.2 Å². The molecule has 2 rings (SSSR count). The Morgan fingerprint density at radius 2 is 2.17 bits per heavy atom. The van der Waals surface area contributed by atoms with Crippen molar-refractivity contribution in [3.63, 3.8) is 0 Å². The number of aliphatic hydroxyl groups excluding tert-OH is 1. The minimum Gasteiger partial charge on any atom is -0.508 e. The van der Waals surface area contributed by atoms with Crippen LogP contribution in [0.4, 0.5) is 11.4 Å². The molecule has 0 spiro atoms. The van der Waals surface area contributed by atoms with Gasteiger partial charge in [-0.15, -0.1) is 16.7 Å². The number of anilines is 1. The standard InChI is InChI=1S/C16H18ClN3O4/c1-3-24-16(23)15(14(22)9-17)19-18-12-4-5-13-11(8-12)6-7-20(13)10(2)21/h4-5,8,22H,3,6-7,9H2,1-2H3/b15-14+,19-18?. The highest BCUT2D eigenvalue weighted by Crippen LogP contribution is 2.31. The maximum atomic E-state index is 11.8. The van der Waals surface area contributed by atoms with Gasteiger partial charge >= 0.3 is 5.97 Å². The van der Waals surface area contributed by atoms with Crippen molar-refractivity contribution in [2.45, 2.75) is 20.3 Å². The zero-order chi connectivity index (χ0) is 17.7. The minimum absolute atomic E-state index is 0.0114. The lowest BCUT2D eigenvalue weighted by Crippen LogP contribution is -2.25. The average Bonchev–Trinajstić information content (AvgIpc) is 2.98. The maximum Gasteiger partial charge on any atom is 0.362 e. The van der Waals surface area contributed by atoms with E-state index >= 15 is 0 Å². The number of halogens is 1. The second-order valence-electron chi connectivity index (χ2n) is 5.08. The fraction of sp³-hybridized carbons (Fsp3) is 0.375. The molecular weight excluding hydrogens is 334 g/mol. The Hall–Kier alpha value is -2.41. The van der Waals surface area contributed by atoms with E-state index in [-0.39, 0.29) is 24.1 Å². The summed E-state index contributed by atoms with van der Waals surface area (Å²) >= 11 is 5.54. The molecule has 0 atom stereocenters. The van der Waals surface area contributed by atoms with Crippen molar-refractivity contribution < 1.29 is 19.4 Å². The molecule has 0 aromatic heterocycles. The van der Waals surface area contributed by atoms with Crippen LogP contribution in [0.2, 0.25) is 0 Å². The second kappa shape index (κ2) is 7.92. The van der Waals surface area contributed by atoms with Gasteiger partial charge in [-0.3, -0.25) is 4.79 Å². The zero-order valence-electron chi connectivity index (χ0n) is 13.5. The summed E-state index contributed by atoms with van der Waals surface area (Å²) in [6.07, 6.45) is 0.728. The fourth-order valence-electron chi connectivity index (χ4n) is 2.36. The fourth-order valence-corrected chi connectivity index (χ4v) is 2.49. The number of hydrogen-bond acceptors (Lipinski definition) is 6. The Kier molecular flexibility index (Phi) is 5.92. The number of ether oxygens (including phenoxy) is 1.